The summed E-state index contributed by atoms with van der Waals surface area (Å²) in [7, 11) is -1.21. The van der Waals surface area contributed by atoms with Crippen LogP contribution >= 0.6 is 0 Å². The molecule has 0 N–H and O–H groups in total. The van der Waals surface area contributed by atoms with Crippen LogP contribution in [0, 0.1) is 5.54 Å². The van der Waals surface area contributed by atoms with Crippen molar-refractivity contribution in [2.24, 2.45) is 0 Å². The molecule has 0 heterocycles. The predicted octanol–water partition coefficient (Wildman–Crippen LogP) is 4.68. The van der Waals surface area contributed by atoms with Gasteiger partial charge in [0, 0.05) is 5.54 Å². The molecule has 0 unspecified atom stereocenters. The molecule has 0 aromatic heterocycles. The van der Waals surface area contributed by atoms with Crippen molar-refractivity contribution in [3.05, 3.63) is 47.0 Å². The van der Waals surface area contributed by atoms with E-state index in [1.165, 1.54) is 30.0 Å². The van der Waals surface area contributed by atoms with Gasteiger partial charge >= 0.3 is 0 Å². The first-order valence-corrected chi connectivity index (χ1v) is 9.51. The summed E-state index contributed by atoms with van der Waals surface area (Å²) in [5.74, 6) is 0. The molecule has 0 saturated carbocycles. The fourth-order valence-electron chi connectivity index (χ4n) is 2.49. The van der Waals surface area contributed by atoms with Crippen LogP contribution in [0.25, 0.3) is 6.08 Å². The van der Waals surface area contributed by atoms with E-state index in [2.05, 4.69) is 56.4 Å². The lowest BCUT2D eigenvalue weighted by molar-refractivity contribution is 0.866. The normalized spacial score (nSPS) is 15.4. The third-order valence-electron chi connectivity index (χ3n) is 3.56. The average molecular weight is 229 g/mol. The van der Waals surface area contributed by atoms with Crippen molar-refractivity contribution in [2.45, 2.75) is 38.9 Å². The second-order valence-corrected chi connectivity index (χ2v) is 10.1. The molecule has 0 spiro atoms. The van der Waals surface area contributed by atoms with Crippen molar-refractivity contribution < 1.29 is 0 Å². The second kappa shape index (κ2) is 4.58. The quantitative estimate of drug-likeness (QED) is 0.657. The van der Waals surface area contributed by atoms with Gasteiger partial charge in [0.15, 0.2) is 0 Å². The molecule has 0 atom stereocenters. The molecule has 0 saturated heterocycles. The number of fused-ring (bicyclic) bond motifs is 1. The summed E-state index contributed by atoms with van der Waals surface area (Å²) in [6, 6.07) is 10.2. The maximum absolute atomic E-state index is 2.50. The van der Waals surface area contributed by atoms with Gasteiger partial charge in [0.2, 0.25) is 0 Å². The van der Waals surface area contributed by atoms with Crippen LogP contribution in [0.2, 0.25) is 19.1 Å². The fourth-order valence-corrected chi connectivity index (χ4v) is 5.49. The molecule has 1 aromatic carbocycles. The molecule has 1 radical (unpaired) electrons. The minimum absolute atomic E-state index is 1.21. The van der Waals surface area contributed by atoms with Gasteiger partial charge in [0.1, 0.15) is 0 Å². The molecule has 16 heavy (non-hydrogen) atoms. The molecule has 2 rings (SSSR count). The molecular formula is C15H21Si. The van der Waals surface area contributed by atoms with Gasteiger partial charge in [-0.05, 0) is 11.1 Å². The number of allylic oxidation sites excluding steroid dienone is 1. The highest BCUT2D eigenvalue weighted by Crippen LogP contribution is 2.38. The molecule has 1 aromatic rings. The first-order valence-electron chi connectivity index (χ1n) is 6.30. The van der Waals surface area contributed by atoms with Crippen LogP contribution in [0.4, 0.5) is 0 Å². The number of hydrogen-bond acceptors (Lipinski definition) is 0. The molecule has 1 aliphatic carbocycles. The van der Waals surface area contributed by atoms with Crippen molar-refractivity contribution in [3.63, 3.8) is 0 Å². The van der Waals surface area contributed by atoms with E-state index in [9.17, 15) is 0 Å². The summed E-state index contributed by atoms with van der Waals surface area (Å²) in [5.41, 5.74) is 4.56. The van der Waals surface area contributed by atoms with Gasteiger partial charge in [-0.3, -0.25) is 0 Å². The molecule has 0 aliphatic heterocycles. The van der Waals surface area contributed by atoms with Crippen LogP contribution in [0.3, 0.4) is 0 Å². The molecule has 0 fully saturated rings. The predicted molar refractivity (Wildman–Crippen MR) is 75.0 cm³/mol. The standard InChI is InChI=1S/C15H21Si/c1-4-5-12-16(2,3)15-11-10-13-8-6-7-9-14(13)15/h6-11H,4-5,12H2,1-3H3. The Kier molecular flexibility index (Phi) is 3.34. The van der Waals surface area contributed by atoms with E-state index in [0.717, 1.165) is 0 Å². The Morgan fingerprint density at radius 2 is 1.81 bits per heavy atom. The number of rotatable bonds is 4. The monoisotopic (exact) mass is 229 g/mol. The van der Waals surface area contributed by atoms with Crippen molar-refractivity contribution in [1.82, 2.24) is 0 Å². The van der Waals surface area contributed by atoms with Crippen LogP contribution < -0.4 is 0 Å². The first kappa shape index (κ1) is 11.7. The van der Waals surface area contributed by atoms with E-state index in [-0.39, 0.29) is 0 Å². The van der Waals surface area contributed by atoms with Crippen molar-refractivity contribution in [3.8, 4) is 0 Å². The maximum atomic E-state index is 2.50. The Morgan fingerprint density at radius 1 is 1.06 bits per heavy atom. The first-order chi connectivity index (χ1) is 7.65. The zero-order chi connectivity index (χ0) is 11.6. The lowest BCUT2D eigenvalue weighted by Crippen LogP contribution is -2.33. The lowest BCUT2D eigenvalue weighted by atomic mass is 10.1. The summed E-state index contributed by atoms with van der Waals surface area (Å²) < 4.78 is 0. The summed E-state index contributed by atoms with van der Waals surface area (Å²) in [5, 5.41) is 0. The van der Waals surface area contributed by atoms with Crippen molar-refractivity contribution >= 4 is 14.1 Å². The van der Waals surface area contributed by atoms with Crippen LogP contribution in [-0.4, -0.2) is 8.07 Å². The van der Waals surface area contributed by atoms with E-state index < -0.39 is 8.07 Å². The van der Waals surface area contributed by atoms with Gasteiger partial charge in [-0.1, -0.05) is 75.3 Å². The largest absolute Gasteiger partial charge is 0.0752 e. The number of hydrogen-bond donors (Lipinski definition) is 0. The third kappa shape index (κ3) is 2.15. The molecule has 0 nitrogen and oxygen atoms in total. The van der Waals surface area contributed by atoms with Crippen LogP contribution in [0.5, 0.6) is 0 Å². The van der Waals surface area contributed by atoms with Crippen molar-refractivity contribution in [2.75, 3.05) is 0 Å². The van der Waals surface area contributed by atoms with E-state index in [0.29, 0.717) is 0 Å². The van der Waals surface area contributed by atoms with Gasteiger partial charge in [-0.25, -0.2) is 0 Å². The molecule has 1 heteroatoms. The Hall–Kier alpha value is -0.823. The fraction of sp³-hybridized carbons (Fsp3) is 0.400. The summed E-state index contributed by atoms with van der Waals surface area (Å²) in [6.07, 6.45) is 7.34. The summed E-state index contributed by atoms with van der Waals surface area (Å²) in [6.45, 7) is 7.29. The highest BCUT2D eigenvalue weighted by atomic mass is 28.3. The molecular weight excluding hydrogens is 208 g/mol. The second-order valence-electron chi connectivity index (χ2n) is 5.32. The summed E-state index contributed by atoms with van der Waals surface area (Å²) in [4.78, 5) is 0. The van der Waals surface area contributed by atoms with Crippen LogP contribution in [0.1, 0.15) is 30.9 Å². The third-order valence-corrected chi connectivity index (χ3v) is 7.06. The van der Waals surface area contributed by atoms with Crippen LogP contribution in [-0.2, 0) is 0 Å². The van der Waals surface area contributed by atoms with E-state index >= 15 is 0 Å². The Balaban J connectivity index is 2.21. The van der Waals surface area contributed by atoms with Gasteiger partial charge in [-0.15, -0.1) is 0 Å². The zero-order valence-electron chi connectivity index (χ0n) is 10.6. The number of benzene rings is 1. The highest BCUT2D eigenvalue weighted by molar-refractivity contribution is 6.84. The summed E-state index contributed by atoms with van der Waals surface area (Å²) >= 11 is 0. The maximum Gasteiger partial charge on any atom is 0.0647 e. The SMILES string of the molecule is CCCC[Si](C)(C)[C]1C=Cc2ccccc21. The van der Waals surface area contributed by atoms with E-state index in [4.69, 9.17) is 0 Å². The van der Waals surface area contributed by atoms with Gasteiger partial charge < -0.3 is 0 Å². The number of unbranched alkanes of at least 4 members (excludes halogenated alkanes) is 1. The zero-order valence-corrected chi connectivity index (χ0v) is 11.6. The highest BCUT2D eigenvalue weighted by Gasteiger charge is 2.34. The minimum Gasteiger partial charge on any atom is -0.0752 e. The van der Waals surface area contributed by atoms with Gasteiger partial charge in [-0.2, -0.15) is 0 Å². The minimum atomic E-state index is -1.21. The average Bonchev–Trinajstić information content (AvgIpc) is 2.71. The van der Waals surface area contributed by atoms with E-state index in [1.54, 1.807) is 5.54 Å². The van der Waals surface area contributed by atoms with Crippen LogP contribution in [0.15, 0.2) is 30.3 Å². The van der Waals surface area contributed by atoms with Gasteiger partial charge in [0.25, 0.3) is 0 Å². The Morgan fingerprint density at radius 3 is 2.56 bits per heavy atom. The lowest BCUT2D eigenvalue weighted by Gasteiger charge is -2.28. The molecule has 85 valence electrons. The smallest absolute Gasteiger partial charge is 0.0647 e. The van der Waals surface area contributed by atoms with E-state index in [1.807, 2.05) is 0 Å². The topological polar surface area (TPSA) is 0 Å². The Labute approximate surface area is 100 Å². The van der Waals surface area contributed by atoms with Crippen molar-refractivity contribution in [1.29, 1.82) is 0 Å². The molecule has 0 amide bonds. The van der Waals surface area contributed by atoms with Gasteiger partial charge in [0.05, 0.1) is 8.07 Å². The Bertz CT molecular complexity index is 390. The molecule has 0 bridgehead atoms. The molecule has 1 aliphatic rings.